The van der Waals surface area contributed by atoms with Crippen LogP contribution < -0.4 is 10.6 Å². The minimum Gasteiger partial charge on any atom is -0.370 e. The van der Waals surface area contributed by atoms with Gasteiger partial charge in [0, 0.05) is 23.5 Å². The molecule has 0 aliphatic carbocycles. The second-order valence-electron chi connectivity index (χ2n) is 5.32. The number of nitrogens with zero attached hydrogens (tertiary/aromatic N) is 2. The molecule has 0 amide bonds. The van der Waals surface area contributed by atoms with Crippen LogP contribution in [0.1, 0.15) is 5.56 Å². The second-order valence-corrected chi connectivity index (χ2v) is 6.17. The summed E-state index contributed by atoms with van der Waals surface area (Å²) in [5.74, 6) is 0.629. The number of nitrogens with one attached hydrogen (secondary N) is 2. The average Bonchev–Trinajstić information content (AvgIpc) is 2.60. The van der Waals surface area contributed by atoms with E-state index in [0.717, 1.165) is 18.0 Å². The minimum absolute atomic E-state index is 0.0437. The Bertz CT molecular complexity index is 856. The van der Waals surface area contributed by atoms with Crippen LogP contribution in [0, 0.1) is 5.82 Å². The first-order chi connectivity index (χ1) is 12.1. The average molecular weight is 377 g/mol. The lowest BCUT2D eigenvalue weighted by molar-refractivity contribution is 0.628. The van der Waals surface area contributed by atoms with Crippen LogP contribution in [-0.2, 0) is 6.42 Å². The van der Waals surface area contributed by atoms with Crippen molar-refractivity contribution in [3.63, 3.8) is 0 Å². The highest BCUT2D eigenvalue weighted by Gasteiger charge is 2.04. The number of aromatic nitrogens is 2. The maximum absolute atomic E-state index is 13.2. The van der Waals surface area contributed by atoms with Gasteiger partial charge in [0.25, 0.3) is 0 Å². The molecule has 128 valence electrons. The predicted octanol–water partition coefficient (Wildman–Crippen LogP) is 5.32. The van der Waals surface area contributed by atoms with Gasteiger partial charge < -0.3 is 10.6 Å². The van der Waals surface area contributed by atoms with E-state index in [1.807, 2.05) is 24.3 Å². The van der Waals surface area contributed by atoms with Gasteiger partial charge in [-0.1, -0.05) is 35.3 Å². The monoisotopic (exact) mass is 376 g/mol. The summed E-state index contributed by atoms with van der Waals surface area (Å²) >= 11 is 11.6. The Hall–Kier alpha value is -2.37. The molecule has 25 heavy (non-hydrogen) atoms. The van der Waals surface area contributed by atoms with Crippen molar-refractivity contribution in [2.45, 2.75) is 6.42 Å². The summed E-state index contributed by atoms with van der Waals surface area (Å²) in [6.07, 6.45) is 2.49. The van der Waals surface area contributed by atoms with Gasteiger partial charge in [-0.05, 0) is 48.4 Å². The lowest BCUT2D eigenvalue weighted by atomic mass is 10.1. The molecule has 0 fully saturated rings. The van der Waals surface area contributed by atoms with Crippen molar-refractivity contribution in [2.75, 3.05) is 17.2 Å². The topological polar surface area (TPSA) is 49.8 Å². The van der Waals surface area contributed by atoms with E-state index in [1.54, 1.807) is 18.3 Å². The standard InChI is InChI=1S/C18H15Cl2FN4/c19-13-3-1-12(2-4-13)7-9-22-17-8-10-23-18(25-17)24-14-5-6-16(21)15(20)11-14/h1-6,8,10-11H,7,9H2,(H2,22,23,24,25). The van der Waals surface area contributed by atoms with E-state index in [4.69, 9.17) is 23.2 Å². The second kappa shape index (κ2) is 8.14. The first-order valence-corrected chi connectivity index (χ1v) is 8.39. The molecule has 7 heteroatoms. The maximum atomic E-state index is 13.2. The van der Waals surface area contributed by atoms with E-state index in [2.05, 4.69) is 20.6 Å². The van der Waals surface area contributed by atoms with Crippen LogP contribution >= 0.6 is 23.2 Å². The number of rotatable bonds is 6. The van der Waals surface area contributed by atoms with Gasteiger partial charge in [-0.2, -0.15) is 4.98 Å². The highest BCUT2D eigenvalue weighted by Crippen LogP contribution is 2.21. The van der Waals surface area contributed by atoms with E-state index >= 15 is 0 Å². The molecule has 0 aliphatic heterocycles. The van der Waals surface area contributed by atoms with Crippen LogP contribution in [0.5, 0.6) is 0 Å². The van der Waals surface area contributed by atoms with Crippen molar-refractivity contribution in [1.29, 1.82) is 0 Å². The van der Waals surface area contributed by atoms with Gasteiger partial charge in [0.15, 0.2) is 0 Å². The molecule has 2 N–H and O–H groups in total. The van der Waals surface area contributed by atoms with Crippen molar-refractivity contribution in [1.82, 2.24) is 9.97 Å². The Labute approximate surface area is 155 Å². The number of anilines is 3. The fraction of sp³-hybridized carbons (Fsp3) is 0.111. The van der Waals surface area contributed by atoms with Gasteiger partial charge in [0.1, 0.15) is 11.6 Å². The number of halogens is 3. The van der Waals surface area contributed by atoms with Gasteiger partial charge in [-0.25, -0.2) is 9.37 Å². The van der Waals surface area contributed by atoms with Crippen LogP contribution in [0.4, 0.5) is 21.8 Å². The molecule has 3 aromatic rings. The Balaban J connectivity index is 1.59. The number of hydrogen-bond donors (Lipinski definition) is 2. The quantitative estimate of drug-likeness (QED) is 0.610. The van der Waals surface area contributed by atoms with Crippen LogP contribution in [0.25, 0.3) is 0 Å². The Morgan fingerprint density at radius 1 is 1.00 bits per heavy atom. The zero-order valence-electron chi connectivity index (χ0n) is 13.1. The third kappa shape index (κ3) is 5.05. The Morgan fingerprint density at radius 2 is 1.80 bits per heavy atom. The Kier molecular flexibility index (Phi) is 5.68. The van der Waals surface area contributed by atoms with E-state index < -0.39 is 5.82 Å². The summed E-state index contributed by atoms with van der Waals surface area (Å²) in [4.78, 5) is 8.52. The van der Waals surface area contributed by atoms with Crippen LogP contribution in [0.15, 0.2) is 54.7 Å². The minimum atomic E-state index is -0.467. The van der Waals surface area contributed by atoms with E-state index in [0.29, 0.717) is 17.5 Å². The summed E-state index contributed by atoms with van der Waals surface area (Å²) in [7, 11) is 0. The van der Waals surface area contributed by atoms with E-state index in [1.165, 1.54) is 17.7 Å². The van der Waals surface area contributed by atoms with Crippen LogP contribution in [0.3, 0.4) is 0 Å². The molecule has 1 heterocycles. The summed E-state index contributed by atoms with van der Waals surface area (Å²) in [5, 5.41) is 7.01. The molecule has 0 spiro atoms. The lowest BCUT2D eigenvalue weighted by Gasteiger charge is -2.09. The zero-order valence-corrected chi connectivity index (χ0v) is 14.7. The van der Waals surface area contributed by atoms with Gasteiger partial charge in [0.05, 0.1) is 5.02 Å². The molecule has 2 aromatic carbocycles. The number of hydrogen-bond acceptors (Lipinski definition) is 4. The smallest absolute Gasteiger partial charge is 0.229 e. The fourth-order valence-electron chi connectivity index (χ4n) is 2.21. The molecular formula is C18H15Cl2FN4. The summed E-state index contributed by atoms with van der Waals surface area (Å²) < 4.78 is 13.2. The fourth-order valence-corrected chi connectivity index (χ4v) is 2.51. The molecule has 0 radical (unpaired) electrons. The number of benzene rings is 2. The maximum Gasteiger partial charge on any atom is 0.229 e. The van der Waals surface area contributed by atoms with Crippen molar-refractivity contribution in [3.05, 3.63) is 76.2 Å². The van der Waals surface area contributed by atoms with Gasteiger partial charge >= 0.3 is 0 Å². The van der Waals surface area contributed by atoms with Crippen LogP contribution in [-0.4, -0.2) is 16.5 Å². The molecule has 0 unspecified atom stereocenters. The lowest BCUT2D eigenvalue weighted by Crippen LogP contribution is -2.07. The summed E-state index contributed by atoms with van der Waals surface area (Å²) in [5.41, 5.74) is 1.80. The van der Waals surface area contributed by atoms with Crippen molar-refractivity contribution >= 4 is 40.7 Å². The zero-order chi connectivity index (χ0) is 17.6. The molecule has 3 rings (SSSR count). The van der Waals surface area contributed by atoms with Crippen molar-refractivity contribution in [3.8, 4) is 0 Å². The molecule has 1 aromatic heterocycles. The molecular weight excluding hydrogens is 362 g/mol. The third-order valence-electron chi connectivity index (χ3n) is 3.46. The summed E-state index contributed by atoms with van der Waals surface area (Å²) in [6.45, 7) is 0.723. The van der Waals surface area contributed by atoms with Crippen molar-refractivity contribution in [2.24, 2.45) is 0 Å². The highest BCUT2D eigenvalue weighted by atomic mass is 35.5. The van der Waals surface area contributed by atoms with Gasteiger partial charge in [-0.3, -0.25) is 0 Å². The molecule has 0 saturated carbocycles. The first kappa shape index (κ1) is 17.5. The largest absolute Gasteiger partial charge is 0.370 e. The van der Waals surface area contributed by atoms with Crippen molar-refractivity contribution < 1.29 is 4.39 Å². The summed E-state index contributed by atoms with van der Waals surface area (Å²) in [6, 6.07) is 13.9. The molecule has 0 atom stereocenters. The third-order valence-corrected chi connectivity index (χ3v) is 4.01. The highest BCUT2D eigenvalue weighted by molar-refractivity contribution is 6.31. The first-order valence-electron chi connectivity index (χ1n) is 7.63. The molecule has 0 saturated heterocycles. The SMILES string of the molecule is Fc1ccc(Nc2nccc(NCCc3ccc(Cl)cc3)n2)cc1Cl. The Morgan fingerprint density at radius 3 is 2.56 bits per heavy atom. The normalized spacial score (nSPS) is 10.5. The molecule has 4 nitrogen and oxygen atoms in total. The molecule has 0 aliphatic rings. The van der Waals surface area contributed by atoms with Gasteiger partial charge in [0.2, 0.25) is 5.95 Å². The van der Waals surface area contributed by atoms with Gasteiger partial charge in [-0.15, -0.1) is 0 Å². The van der Waals surface area contributed by atoms with E-state index in [9.17, 15) is 4.39 Å². The van der Waals surface area contributed by atoms with E-state index in [-0.39, 0.29) is 5.02 Å². The molecule has 0 bridgehead atoms. The predicted molar refractivity (Wildman–Crippen MR) is 100 cm³/mol. The van der Waals surface area contributed by atoms with Crippen LogP contribution in [0.2, 0.25) is 10.0 Å².